The van der Waals surface area contributed by atoms with Gasteiger partial charge in [-0.05, 0) is 61.3 Å². The zero-order chi connectivity index (χ0) is 25.8. The number of piperidine rings is 1. The van der Waals surface area contributed by atoms with E-state index in [4.69, 9.17) is 4.74 Å². The lowest BCUT2D eigenvalue weighted by Gasteiger charge is -2.39. The standard InChI is InChI=1S/C29H36N4O4/c1-37-25-11-5-3-9-23(25)30-28(36)31-18-14-29(15-19-31)16-20-32(21-29)26(34)12-13-27(35)33-17-6-8-22-7-2-4-10-24(22)33/h2-5,7,9-11H,6,8,12-21H2,1H3,(H,30,36). The number of fused-ring (bicyclic) bond motifs is 1. The number of hydrogen-bond donors (Lipinski definition) is 1. The lowest BCUT2D eigenvalue weighted by molar-refractivity contribution is -0.132. The number of likely N-dealkylation sites (tertiary alicyclic amines) is 2. The monoisotopic (exact) mass is 504 g/mol. The van der Waals surface area contributed by atoms with Crippen molar-refractivity contribution in [1.82, 2.24) is 9.80 Å². The molecule has 1 N–H and O–H groups in total. The Kier molecular flexibility index (Phi) is 7.35. The first-order valence-electron chi connectivity index (χ1n) is 13.3. The number of anilines is 2. The second kappa shape index (κ2) is 10.8. The number of para-hydroxylation sites is 3. The van der Waals surface area contributed by atoms with Gasteiger partial charge in [-0.15, -0.1) is 0 Å². The molecule has 0 radical (unpaired) electrons. The van der Waals surface area contributed by atoms with Crippen LogP contribution in [0.15, 0.2) is 48.5 Å². The Morgan fingerprint density at radius 3 is 2.32 bits per heavy atom. The van der Waals surface area contributed by atoms with E-state index in [2.05, 4.69) is 11.4 Å². The van der Waals surface area contributed by atoms with Crippen molar-refractivity contribution in [1.29, 1.82) is 0 Å². The molecule has 0 aliphatic carbocycles. The molecule has 2 aromatic rings. The first-order chi connectivity index (χ1) is 18.0. The van der Waals surface area contributed by atoms with Crippen LogP contribution in [-0.4, -0.2) is 67.5 Å². The second-order valence-corrected chi connectivity index (χ2v) is 10.5. The highest BCUT2D eigenvalue weighted by Gasteiger charge is 2.42. The van der Waals surface area contributed by atoms with Gasteiger partial charge in [0.15, 0.2) is 0 Å². The highest BCUT2D eigenvalue weighted by molar-refractivity contribution is 5.96. The highest BCUT2D eigenvalue weighted by atomic mass is 16.5. The lowest BCUT2D eigenvalue weighted by atomic mass is 9.78. The summed E-state index contributed by atoms with van der Waals surface area (Å²) in [5, 5.41) is 2.96. The maximum atomic E-state index is 13.0. The maximum Gasteiger partial charge on any atom is 0.321 e. The Labute approximate surface area is 218 Å². The van der Waals surface area contributed by atoms with Crippen molar-refractivity contribution in [2.75, 3.05) is 50.1 Å². The lowest BCUT2D eigenvalue weighted by Crippen LogP contribution is -2.46. The molecule has 3 aliphatic heterocycles. The van der Waals surface area contributed by atoms with Crippen LogP contribution in [0.5, 0.6) is 5.75 Å². The van der Waals surface area contributed by atoms with E-state index in [1.165, 1.54) is 5.56 Å². The van der Waals surface area contributed by atoms with E-state index < -0.39 is 0 Å². The van der Waals surface area contributed by atoms with Crippen LogP contribution >= 0.6 is 0 Å². The predicted molar refractivity (Wildman–Crippen MR) is 143 cm³/mol. The molecule has 0 saturated carbocycles. The minimum atomic E-state index is -0.122. The SMILES string of the molecule is COc1ccccc1NC(=O)N1CCC2(CCN(C(=O)CCC(=O)N3CCCc4ccccc43)C2)CC1. The molecule has 2 aromatic carbocycles. The van der Waals surface area contributed by atoms with E-state index in [1.807, 2.05) is 57.2 Å². The van der Waals surface area contributed by atoms with Crippen molar-refractivity contribution in [3.8, 4) is 5.75 Å². The molecule has 3 heterocycles. The zero-order valence-corrected chi connectivity index (χ0v) is 21.6. The Morgan fingerprint density at radius 1 is 0.865 bits per heavy atom. The molecule has 5 rings (SSSR count). The van der Waals surface area contributed by atoms with E-state index in [1.54, 1.807) is 7.11 Å². The number of benzene rings is 2. The van der Waals surface area contributed by atoms with Crippen molar-refractivity contribution in [3.05, 3.63) is 54.1 Å². The first-order valence-corrected chi connectivity index (χ1v) is 13.3. The molecule has 2 saturated heterocycles. The average Bonchev–Trinajstić information content (AvgIpc) is 3.35. The number of hydrogen-bond acceptors (Lipinski definition) is 4. The van der Waals surface area contributed by atoms with Crippen LogP contribution in [0, 0.1) is 5.41 Å². The topological polar surface area (TPSA) is 82.2 Å². The predicted octanol–water partition coefficient (Wildman–Crippen LogP) is 4.30. The molecule has 0 unspecified atom stereocenters. The summed E-state index contributed by atoms with van der Waals surface area (Å²) in [6.45, 7) is 3.49. The number of methoxy groups -OCH3 is 1. The third-order valence-corrected chi connectivity index (χ3v) is 8.21. The Bertz CT molecular complexity index is 1160. The van der Waals surface area contributed by atoms with Gasteiger partial charge >= 0.3 is 6.03 Å². The number of ether oxygens (including phenoxy) is 1. The van der Waals surface area contributed by atoms with Gasteiger partial charge < -0.3 is 24.8 Å². The fourth-order valence-corrected chi connectivity index (χ4v) is 5.98. The summed E-state index contributed by atoms with van der Waals surface area (Å²) in [4.78, 5) is 44.4. The summed E-state index contributed by atoms with van der Waals surface area (Å²) < 4.78 is 5.33. The number of amides is 4. The summed E-state index contributed by atoms with van der Waals surface area (Å²) in [6.07, 6.45) is 5.15. The molecule has 0 bridgehead atoms. The molecule has 8 heteroatoms. The number of carbonyl (C=O) groups excluding carboxylic acids is 3. The number of aryl methyl sites for hydroxylation is 1. The molecule has 0 atom stereocenters. The van der Waals surface area contributed by atoms with E-state index in [0.29, 0.717) is 31.1 Å². The molecule has 2 fully saturated rings. The maximum absolute atomic E-state index is 13.0. The molecule has 3 aliphatic rings. The molecule has 37 heavy (non-hydrogen) atoms. The second-order valence-electron chi connectivity index (χ2n) is 10.5. The summed E-state index contributed by atoms with van der Waals surface area (Å²) in [6, 6.07) is 15.3. The molecule has 1 spiro atoms. The molecular weight excluding hydrogens is 468 g/mol. The van der Waals surface area contributed by atoms with Crippen molar-refractivity contribution in [3.63, 3.8) is 0 Å². The number of urea groups is 1. The van der Waals surface area contributed by atoms with Crippen LogP contribution in [0.25, 0.3) is 0 Å². The van der Waals surface area contributed by atoms with Gasteiger partial charge in [-0.2, -0.15) is 0 Å². The van der Waals surface area contributed by atoms with Crippen molar-refractivity contribution < 1.29 is 19.1 Å². The fourth-order valence-electron chi connectivity index (χ4n) is 5.98. The van der Waals surface area contributed by atoms with Gasteiger partial charge in [0.1, 0.15) is 5.75 Å². The Balaban J connectivity index is 1.09. The minimum absolute atomic E-state index is 0.0313. The molecular formula is C29H36N4O4. The van der Waals surface area contributed by atoms with Crippen LogP contribution < -0.4 is 15.0 Å². The highest BCUT2D eigenvalue weighted by Crippen LogP contribution is 2.41. The van der Waals surface area contributed by atoms with Crippen molar-refractivity contribution in [2.24, 2.45) is 5.41 Å². The van der Waals surface area contributed by atoms with Gasteiger partial charge in [0, 0.05) is 51.3 Å². The number of rotatable bonds is 5. The largest absolute Gasteiger partial charge is 0.495 e. The van der Waals surface area contributed by atoms with E-state index in [9.17, 15) is 14.4 Å². The van der Waals surface area contributed by atoms with Crippen LogP contribution in [0.1, 0.15) is 44.1 Å². The van der Waals surface area contributed by atoms with Gasteiger partial charge in [0.25, 0.3) is 0 Å². The summed E-state index contributed by atoms with van der Waals surface area (Å²) in [5.41, 5.74) is 2.92. The fraction of sp³-hybridized carbons (Fsp3) is 0.483. The Hall–Kier alpha value is -3.55. The smallest absolute Gasteiger partial charge is 0.321 e. The molecule has 196 valence electrons. The minimum Gasteiger partial charge on any atom is -0.495 e. The molecule has 4 amide bonds. The molecule has 0 aromatic heterocycles. The van der Waals surface area contributed by atoms with Gasteiger partial charge in [-0.3, -0.25) is 9.59 Å². The normalized spacial score (nSPS) is 18.5. The van der Waals surface area contributed by atoms with Crippen LogP contribution in [0.3, 0.4) is 0 Å². The summed E-state index contributed by atoms with van der Waals surface area (Å²) in [7, 11) is 1.59. The molecule has 8 nitrogen and oxygen atoms in total. The number of nitrogens with zero attached hydrogens (tertiary/aromatic N) is 3. The third-order valence-electron chi connectivity index (χ3n) is 8.21. The number of carbonyl (C=O) groups is 3. The van der Waals surface area contributed by atoms with E-state index in [0.717, 1.165) is 50.9 Å². The van der Waals surface area contributed by atoms with Gasteiger partial charge in [0.2, 0.25) is 11.8 Å². The van der Waals surface area contributed by atoms with Gasteiger partial charge in [0.05, 0.1) is 12.8 Å². The summed E-state index contributed by atoms with van der Waals surface area (Å²) >= 11 is 0. The Morgan fingerprint density at radius 2 is 1.54 bits per heavy atom. The average molecular weight is 505 g/mol. The number of nitrogens with one attached hydrogen (secondary N) is 1. The third kappa shape index (κ3) is 5.43. The van der Waals surface area contributed by atoms with Crippen LogP contribution in [0.4, 0.5) is 16.2 Å². The van der Waals surface area contributed by atoms with Crippen molar-refractivity contribution in [2.45, 2.75) is 44.9 Å². The van der Waals surface area contributed by atoms with Gasteiger partial charge in [-0.25, -0.2) is 4.79 Å². The van der Waals surface area contributed by atoms with Crippen LogP contribution in [-0.2, 0) is 16.0 Å². The van der Waals surface area contributed by atoms with E-state index >= 15 is 0 Å². The quantitative estimate of drug-likeness (QED) is 0.658. The van der Waals surface area contributed by atoms with Crippen LogP contribution in [0.2, 0.25) is 0 Å². The van der Waals surface area contributed by atoms with Crippen molar-refractivity contribution >= 4 is 29.2 Å². The van der Waals surface area contributed by atoms with Gasteiger partial charge in [-0.1, -0.05) is 30.3 Å². The first kappa shape index (κ1) is 25.1. The zero-order valence-electron chi connectivity index (χ0n) is 21.6. The summed E-state index contributed by atoms with van der Waals surface area (Å²) in [5.74, 6) is 0.730. The van der Waals surface area contributed by atoms with E-state index in [-0.39, 0.29) is 36.1 Å².